The van der Waals surface area contributed by atoms with Gasteiger partial charge in [-0.3, -0.25) is 0 Å². The molecule has 1 rings (SSSR count). The molecular formula is C7H11BrN2. The summed E-state index contributed by atoms with van der Waals surface area (Å²) in [5.41, 5.74) is 6.83. The van der Waals surface area contributed by atoms with Crippen LogP contribution in [0.2, 0.25) is 0 Å². The van der Waals surface area contributed by atoms with E-state index in [0.717, 1.165) is 10.3 Å². The summed E-state index contributed by atoms with van der Waals surface area (Å²) in [5.74, 6) is 0. The maximum Gasteiger partial charge on any atom is 0.0846 e. The molecule has 56 valence electrons. The van der Waals surface area contributed by atoms with E-state index in [2.05, 4.69) is 15.9 Å². The number of nitrogens with zero attached hydrogens (tertiary/aromatic N) is 1. The monoisotopic (exact) mass is 202 g/mol. The van der Waals surface area contributed by atoms with Crippen LogP contribution in [0.25, 0.3) is 0 Å². The van der Waals surface area contributed by atoms with Gasteiger partial charge in [-0.2, -0.15) is 0 Å². The molecule has 0 fully saturated rings. The fourth-order valence-electron chi connectivity index (χ4n) is 0.958. The summed E-state index contributed by atoms with van der Waals surface area (Å²) in [6.45, 7) is 1.97. The standard InChI is InChI=1S/C7H11BrN2/c1-5(9)6-3-4-7(8)10(6)2/h3-5H,9H2,1-2H3. The molecule has 0 spiro atoms. The molecule has 0 aromatic carbocycles. The van der Waals surface area contributed by atoms with Crippen LogP contribution in [0.1, 0.15) is 18.7 Å². The van der Waals surface area contributed by atoms with Crippen LogP contribution in [0.4, 0.5) is 0 Å². The average Bonchev–Trinajstić information content (AvgIpc) is 2.14. The van der Waals surface area contributed by atoms with Crippen molar-refractivity contribution < 1.29 is 0 Å². The molecule has 2 N–H and O–H groups in total. The van der Waals surface area contributed by atoms with E-state index in [0.29, 0.717) is 0 Å². The van der Waals surface area contributed by atoms with Crippen molar-refractivity contribution in [1.82, 2.24) is 4.57 Å². The Kier molecular flexibility index (Phi) is 2.16. The van der Waals surface area contributed by atoms with Crippen molar-refractivity contribution in [2.24, 2.45) is 12.8 Å². The Bertz CT molecular complexity index is 228. The topological polar surface area (TPSA) is 30.9 Å². The van der Waals surface area contributed by atoms with Gasteiger partial charge < -0.3 is 10.3 Å². The quantitative estimate of drug-likeness (QED) is 0.741. The molecule has 0 amide bonds. The fourth-order valence-corrected chi connectivity index (χ4v) is 1.30. The molecule has 0 radical (unpaired) electrons. The second kappa shape index (κ2) is 2.76. The van der Waals surface area contributed by atoms with Gasteiger partial charge in [0, 0.05) is 18.8 Å². The zero-order valence-corrected chi connectivity index (χ0v) is 7.72. The highest BCUT2D eigenvalue weighted by Crippen LogP contribution is 2.17. The third kappa shape index (κ3) is 1.25. The van der Waals surface area contributed by atoms with Crippen molar-refractivity contribution in [3.63, 3.8) is 0 Å². The van der Waals surface area contributed by atoms with Gasteiger partial charge in [-0.05, 0) is 35.0 Å². The van der Waals surface area contributed by atoms with E-state index in [9.17, 15) is 0 Å². The summed E-state index contributed by atoms with van der Waals surface area (Å²) in [6, 6.07) is 4.13. The predicted octanol–water partition coefficient (Wildman–Crippen LogP) is 1.81. The molecule has 1 atom stereocenters. The molecule has 10 heavy (non-hydrogen) atoms. The Morgan fingerprint density at radius 2 is 2.20 bits per heavy atom. The number of halogens is 1. The van der Waals surface area contributed by atoms with Crippen molar-refractivity contribution in [3.8, 4) is 0 Å². The molecule has 3 heteroatoms. The lowest BCUT2D eigenvalue weighted by atomic mass is 10.2. The van der Waals surface area contributed by atoms with Gasteiger partial charge in [0.2, 0.25) is 0 Å². The summed E-state index contributed by atoms with van der Waals surface area (Å²) in [5, 5.41) is 0. The Balaban J connectivity index is 3.05. The summed E-state index contributed by atoms with van der Waals surface area (Å²) < 4.78 is 3.10. The number of rotatable bonds is 1. The lowest BCUT2D eigenvalue weighted by Crippen LogP contribution is -2.09. The van der Waals surface area contributed by atoms with Crippen LogP contribution in [0.15, 0.2) is 16.7 Å². The third-order valence-corrected chi connectivity index (χ3v) is 2.36. The Morgan fingerprint density at radius 3 is 2.40 bits per heavy atom. The van der Waals surface area contributed by atoms with Gasteiger partial charge in [-0.1, -0.05) is 0 Å². The maximum atomic E-state index is 5.69. The third-order valence-electron chi connectivity index (χ3n) is 1.57. The molecule has 1 aromatic rings. The normalized spacial score (nSPS) is 13.6. The van der Waals surface area contributed by atoms with E-state index in [4.69, 9.17) is 5.73 Å². The zero-order chi connectivity index (χ0) is 7.72. The Labute approximate surface area is 69.2 Å². The summed E-state index contributed by atoms with van der Waals surface area (Å²) in [6.07, 6.45) is 0. The minimum absolute atomic E-state index is 0.108. The largest absolute Gasteiger partial charge is 0.341 e. The number of aromatic nitrogens is 1. The molecule has 0 aliphatic heterocycles. The highest BCUT2D eigenvalue weighted by molar-refractivity contribution is 9.10. The van der Waals surface area contributed by atoms with E-state index < -0.39 is 0 Å². The molecule has 1 unspecified atom stereocenters. The van der Waals surface area contributed by atoms with Gasteiger partial charge in [0.25, 0.3) is 0 Å². The van der Waals surface area contributed by atoms with Crippen molar-refractivity contribution >= 4 is 15.9 Å². The summed E-state index contributed by atoms with van der Waals surface area (Å²) in [4.78, 5) is 0. The van der Waals surface area contributed by atoms with Gasteiger partial charge in [0.15, 0.2) is 0 Å². The highest BCUT2D eigenvalue weighted by atomic mass is 79.9. The van der Waals surface area contributed by atoms with Crippen LogP contribution >= 0.6 is 15.9 Å². The van der Waals surface area contributed by atoms with Crippen LogP contribution in [-0.4, -0.2) is 4.57 Å². The first-order valence-corrected chi connectivity index (χ1v) is 3.99. The Morgan fingerprint density at radius 1 is 1.60 bits per heavy atom. The lowest BCUT2D eigenvalue weighted by molar-refractivity contribution is 0.707. The molecule has 2 nitrogen and oxygen atoms in total. The second-order valence-electron chi connectivity index (χ2n) is 2.43. The molecular weight excluding hydrogens is 192 g/mol. The molecule has 1 heterocycles. The SMILES string of the molecule is CC(N)c1ccc(Br)n1C. The Hall–Kier alpha value is -0.280. The predicted molar refractivity (Wildman–Crippen MR) is 45.7 cm³/mol. The zero-order valence-electron chi connectivity index (χ0n) is 6.13. The van der Waals surface area contributed by atoms with Crippen LogP contribution < -0.4 is 5.73 Å². The maximum absolute atomic E-state index is 5.69. The summed E-state index contributed by atoms with van der Waals surface area (Å²) >= 11 is 3.39. The first-order valence-electron chi connectivity index (χ1n) is 3.19. The van der Waals surface area contributed by atoms with Crippen molar-refractivity contribution in [2.45, 2.75) is 13.0 Å². The molecule has 1 aromatic heterocycles. The highest BCUT2D eigenvalue weighted by Gasteiger charge is 2.04. The van der Waals surface area contributed by atoms with Gasteiger partial charge in [-0.15, -0.1) is 0 Å². The summed E-state index contributed by atoms with van der Waals surface area (Å²) in [7, 11) is 1.99. The van der Waals surface area contributed by atoms with Gasteiger partial charge in [0.05, 0.1) is 4.60 Å². The minimum atomic E-state index is 0.108. The molecule has 0 saturated heterocycles. The van der Waals surface area contributed by atoms with Crippen LogP contribution in [0.3, 0.4) is 0 Å². The fraction of sp³-hybridized carbons (Fsp3) is 0.429. The molecule has 0 bridgehead atoms. The number of nitrogens with two attached hydrogens (primary N) is 1. The van der Waals surface area contributed by atoms with E-state index in [1.807, 2.05) is 30.7 Å². The van der Waals surface area contributed by atoms with Gasteiger partial charge in [0.1, 0.15) is 0 Å². The lowest BCUT2D eigenvalue weighted by Gasteiger charge is -2.06. The average molecular weight is 203 g/mol. The van der Waals surface area contributed by atoms with Crippen molar-refractivity contribution in [1.29, 1.82) is 0 Å². The number of hydrogen-bond acceptors (Lipinski definition) is 1. The van der Waals surface area contributed by atoms with Crippen molar-refractivity contribution in [3.05, 3.63) is 22.4 Å². The van der Waals surface area contributed by atoms with E-state index >= 15 is 0 Å². The van der Waals surface area contributed by atoms with Crippen LogP contribution in [-0.2, 0) is 7.05 Å². The molecule has 0 saturated carbocycles. The molecule has 0 aliphatic rings. The number of hydrogen-bond donors (Lipinski definition) is 1. The molecule has 0 aliphatic carbocycles. The first kappa shape index (κ1) is 7.82. The minimum Gasteiger partial charge on any atom is -0.341 e. The smallest absolute Gasteiger partial charge is 0.0846 e. The van der Waals surface area contributed by atoms with E-state index in [1.54, 1.807) is 0 Å². The van der Waals surface area contributed by atoms with Gasteiger partial charge in [-0.25, -0.2) is 0 Å². The van der Waals surface area contributed by atoms with E-state index in [-0.39, 0.29) is 6.04 Å². The van der Waals surface area contributed by atoms with Crippen LogP contribution in [0, 0.1) is 0 Å². The van der Waals surface area contributed by atoms with Crippen molar-refractivity contribution in [2.75, 3.05) is 0 Å². The van der Waals surface area contributed by atoms with Gasteiger partial charge >= 0.3 is 0 Å². The first-order chi connectivity index (χ1) is 4.63. The van der Waals surface area contributed by atoms with E-state index in [1.165, 1.54) is 0 Å². The second-order valence-corrected chi connectivity index (χ2v) is 3.24. The van der Waals surface area contributed by atoms with Crippen LogP contribution in [0.5, 0.6) is 0 Å².